The molecule has 3 aromatic carbocycles. The molecule has 0 saturated carbocycles. The van der Waals surface area contributed by atoms with Crippen LogP contribution >= 0.6 is 0 Å². The van der Waals surface area contributed by atoms with Crippen molar-refractivity contribution >= 4 is 22.6 Å². The number of aryl methyl sites for hydroxylation is 1. The topological polar surface area (TPSA) is 77.8 Å². The lowest BCUT2D eigenvalue weighted by Crippen LogP contribution is -2.22. The van der Waals surface area contributed by atoms with E-state index < -0.39 is 18.3 Å². The maximum atomic E-state index is 13.2. The van der Waals surface area contributed by atoms with Gasteiger partial charge < -0.3 is 19.2 Å². The van der Waals surface area contributed by atoms with Crippen molar-refractivity contribution in [2.45, 2.75) is 6.92 Å². The molecule has 4 aromatic rings. The number of benzene rings is 3. The molecule has 1 heterocycles. The Bertz CT molecular complexity index is 1330. The number of hydrogen-bond acceptors (Lipinski definition) is 5. The van der Waals surface area contributed by atoms with Crippen LogP contribution in [-0.4, -0.2) is 19.6 Å². The highest BCUT2D eigenvalue weighted by molar-refractivity contribution is 5.92. The third kappa shape index (κ3) is 4.46. The minimum Gasteiger partial charge on any atom is -0.497 e. The van der Waals surface area contributed by atoms with Gasteiger partial charge in [0, 0.05) is 11.3 Å². The van der Waals surface area contributed by atoms with E-state index in [2.05, 4.69) is 5.32 Å². The van der Waals surface area contributed by atoms with Gasteiger partial charge in [-0.2, -0.15) is 0 Å². The molecule has 6 nitrogen and oxygen atoms in total. The van der Waals surface area contributed by atoms with Gasteiger partial charge in [-0.1, -0.05) is 6.07 Å². The highest BCUT2D eigenvalue weighted by Crippen LogP contribution is 2.32. The van der Waals surface area contributed by atoms with Crippen molar-refractivity contribution < 1.29 is 23.1 Å². The first-order valence-corrected chi connectivity index (χ1v) is 9.84. The first kappa shape index (κ1) is 21.1. The standard InChI is InChI=1S/C25H20FNO5/c1-15-3-12-20-21(13-15)32-24(16-4-10-19(30-2)11-5-16)25(23(20)29)31-14-22(28)27-18-8-6-17(26)7-9-18/h3-13H,14H2,1-2H3,(H,27,28). The molecule has 0 bridgehead atoms. The summed E-state index contributed by atoms with van der Waals surface area (Å²) in [5.41, 5.74) is 1.99. The van der Waals surface area contributed by atoms with E-state index in [-0.39, 0.29) is 16.9 Å². The van der Waals surface area contributed by atoms with Crippen molar-refractivity contribution in [2.75, 3.05) is 19.0 Å². The smallest absolute Gasteiger partial charge is 0.262 e. The molecule has 0 unspecified atom stereocenters. The largest absolute Gasteiger partial charge is 0.497 e. The fourth-order valence-corrected chi connectivity index (χ4v) is 3.21. The zero-order valence-electron chi connectivity index (χ0n) is 17.5. The van der Waals surface area contributed by atoms with Crippen molar-refractivity contribution in [2.24, 2.45) is 0 Å². The van der Waals surface area contributed by atoms with E-state index in [1.807, 2.05) is 6.92 Å². The van der Waals surface area contributed by atoms with Gasteiger partial charge in [0.15, 0.2) is 12.4 Å². The van der Waals surface area contributed by atoms with E-state index in [1.165, 1.54) is 24.3 Å². The molecule has 0 spiro atoms. The highest BCUT2D eigenvalue weighted by atomic mass is 19.1. The Morgan fingerprint density at radius 1 is 1.03 bits per heavy atom. The number of amides is 1. The van der Waals surface area contributed by atoms with Crippen molar-refractivity contribution in [1.29, 1.82) is 0 Å². The summed E-state index contributed by atoms with van der Waals surface area (Å²) in [5.74, 6) is -0.118. The van der Waals surface area contributed by atoms with E-state index in [0.717, 1.165) is 5.56 Å². The van der Waals surface area contributed by atoms with E-state index in [9.17, 15) is 14.0 Å². The van der Waals surface area contributed by atoms with Gasteiger partial charge in [-0.3, -0.25) is 9.59 Å². The lowest BCUT2D eigenvalue weighted by Gasteiger charge is -2.12. The minimum atomic E-state index is -0.499. The molecule has 0 radical (unpaired) electrons. The number of anilines is 1. The zero-order valence-corrected chi connectivity index (χ0v) is 17.5. The quantitative estimate of drug-likeness (QED) is 0.466. The van der Waals surface area contributed by atoms with Gasteiger partial charge in [0.25, 0.3) is 5.91 Å². The number of ether oxygens (including phenoxy) is 2. The Hall–Kier alpha value is -4.13. The molecule has 1 amide bonds. The predicted molar refractivity (Wildman–Crippen MR) is 120 cm³/mol. The molecule has 7 heteroatoms. The van der Waals surface area contributed by atoms with Gasteiger partial charge in [0.05, 0.1) is 12.5 Å². The number of rotatable bonds is 6. The Balaban J connectivity index is 1.68. The summed E-state index contributed by atoms with van der Waals surface area (Å²) in [5, 5.41) is 2.95. The number of carbonyl (C=O) groups is 1. The number of methoxy groups -OCH3 is 1. The normalized spacial score (nSPS) is 10.7. The van der Waals surface area contributed by atoms with Gasteiger partial charge >= 0.3 is 0 Å². The van der Waals surface area contributed by atoms with Gasteiger partial charge in [0.2, 0.25) is 11.2 Å². The second kappa shape index (κ2) is 8.93. The monoisotopic (exact) mass is 433 g/mol. The fraction of sp³-hybridized carbons (Fsp3) is 0.120. The summed E-state index contributed by atoms with van der Waals surface area (Å²) in [6.45, 7) is 1.47. The lowest BCUT2D eigenvalue weighted by atomic mass is 10.1. The predicted octanol–water partition coefficient (Wildman–Crippen LogP) is 4.93. The van der Waals surface area contributed by atoms with E-state index in [0.29, 0.717) is 28.0 Å². The van der Waals surface area contributed by atoms with E-state index in [1.54, 1.807) is 49.6 Å². The van der Waals surface area contributed by atoms with Crippen LogP contribution in [0.25, 0.3) is 22.3 Å². The summed E-state index contributed by atoms with van der Waals surface area (Å²) >= 11 is 0. The molecule has 0 fully saturated rings. The first-order chi connectivity index (χ1) is 15.4. The van der Waals surface area contributed by atoms with Crippen molar-refractivity contribution in [3.8, 4) is 22.8 Å². The summed E-state index contributed by atoms with van der Waals surface area (Å²) in [6.07, 6.45) is 0. The molecular formula is C25H20FNO5. The maximum absolute atomic E-state index is 13.2. The number of fused-ring (bicyclic) bond motifs is 1. The van der Waals surface area contributed by atoms with Gasteiger partial charge in [-0.25, -0.2) is 4.39 Å². The van der Waals surface area contributed by atoms with Crippen LogP contribution in [0.4, 0.5) is 10.1 Å². The fourth-order valence-electron chi connectivity index (χ4n) is 3.21. The van der Waals surface area contributed by atoms with Crippen LogP contribution in [0.3, 0.4) is 0 Å². The van der Waals surface area contributed by atoms with Crippen molar-refractivity contribution in [3.63, 3.8) is 0 Å². The van der Waals surface area contributed by atoms with E-state index in [4.69, 9.17) is 13.9 Å². The molecule has 0 aliphatic heterocycles. The van der Waals surface area contributed by atoms with E-state index >= 15 is 0 Å². The number of halogens is 1. The molecule has 0 aliphatic rings. The van der Waals surface area contributed by atoms with Crippen molar-refractivity contribution in [3.05, 3.63) is 88.3 Å². The van der Waals surface area contributed by atoms with Crippen LogP contribution in [0.2, 0.25) is 0 Å². The number of hydrogen-bond donors (Lipinski definition) is 1. The Labute approximate surface area is 183 Å². The van der Waals surface area contributed by atoms with Crippen LogP contribution < -0.4 is 20.2 Å². The van der Waals surface area contributed by atoms with Gasteiger partial charge in [-0.15, -0.1) is 0 Å². The molecular weight excluding hydrogens is 413 g/mol. The molecule has 0 aliphatic carbocycles. The lowest BCUT2D eigenvalue weighted by molar-refractivity contribution is -0.118. The SMILES string of the molecule is COc1ccc(-c2oc3cc(C)ccc3c(=O)c2OCC(=O)Nc2ccc(F)cc2)cc1. The van der Waals surface area contributed by atoms with Crippen LogP contribution in [0.1, 0.15) is 5.56 Å². The summed E-state index contributed by atoms with van der Waals surface area (Å²) in [6, 6.07) is 17.5. The number of nitrogens with one attached hydrogen (secondary N) is 1. The second-order valence-corrected chi connectivity index (χ2v) is 7.16. The third-order valence-corrected chi connectivity index (χ3v) is 4.83. The molecule has 0 saturated heterocycles. The van der Waals surface area contributed by atoms with Crippen molar-refractivity contribution in [1.82, 2.24) is 0 Å². The zero-order chi connectivity index (χ0) is 22.7. The molecule has 1 N–H and O–H groups in total. The average molecular weight is 433 g/mol. The summed E-state index contributed by atoms with van der Waals surface area (Å²) in [4.78, 5) is 25.5. The molecule has 4 rings (SSSR count). The molecule has 0 atom stereocenters. The first-order valence-electron chi connectivity index (χ1n) is 9.84. The molecule has 32 heavy (non-hydrogen) atoms. The van der Waals surface area contributed by atoms with Crippen LogP contribution in [0, 0.1) is 12.7 Å². The number of carbonyl (C=O) groups excluding carboxylic acids is 1. The second-order valence-electron chi connectivity index (χ2n) is 7.16. The summed E-state index contributed by atoms with van der Waals surface area (Å²) in [7, 11) is 1.56. The van der Waals surface area contributed by atoms with Gasteiger partial charge in [-0.05, 0) is 73.2 Å². The molecule has 1 aromatic heterocycles. The third-order valence-electron chi connectivity index (χ3n) is 4.83. The molecule has 162 valence electrons. The van der Waals surface area contributed by atoms with Crippen LogP contribution in [0.5, 0.6) is 11.5 Å². The highest BCUT2D eigenvalue weighted by Gasteiger charge is 2.19. The van der Waals surface area contributed by atoms with Gasteiger partial charge in [0.1, 0.15) is 17.1 Å². The average Bonchev–Trinajstić information content (AvgIpc) is 2.79. The maximum Gasteiger partial charge on any atom is 0.262 e. The Kier molecular flexibility index (Phi) is 5.89. The summed E-state index contributed by atoms with van der Waals surface area (Å²) < 4.78 is 29.9. The Morgan fingerprint density at radius 2 is 1.75 bits per heavy atom. The Morgan fingerprint density at radius 3 is 2.44 bits per heavy atom. The van der Waals surface area contributed by atoms with Crippen LogP contribution in [-0.2, 0) is 4.79 Å². The van der Waals surface area contributed by atoms with Crippen LogP contribution in [0.15, 0.2) is 75.9 Å². The minimum absolute atomic E-state index is 0.0687.